The van der Waals surface area contributed by atoms with Gasteiger partial charge >= 0.3 is 0 Å². The van der Waals surface area contributed by atoms with Crippen LogP contribution in [-0.4, -0.2) is 24.4 Å². The van der Waals surface area contributed by atoms with Gasteiger partial charge in [-0.05, 0) is 18.6 Å². The van der Waals surface area contributed by atoms with Crippen molar-refractivity contribution in [1.82, 2.24) is 24.4 Å². The first-order valence-corrected chi connectivity index (χ1v) is 7.95. The van der Waals surface area contributed by atoms with Crippen LogP contribution in [0.25, 0.3) is 5.69 Å². The summed E-state index contributed by atoms with van der Waals surface area (Å²) < 4.78 is 6.41. The summed E-state index contributed by atoms with van der Waals surface area (Å²) in [5, 5.41) is 12.9. The van der Waals surface area contributed by atoms with Gasteiger partial charge in [-0.1, -0.05) is 46.1 Å². The largest absolute Gasteiger partial charge is 0.276 e. The van der Waals surface area contributed by atoms with Crippen molar-refractivity contribution in [3.05, 3.63) is 46.2 Å². The summed E-state index contributed by atoms with van der Waals surface area (Å²) in [4.78, 5) is 0. The number of aryl methyl sites for hydroxylation is 1. The Hall–Kier alpha value is -1.44. The molecule has 20 heavy (non-hydrogen) atoms. The number of hydrogen-bond donors (Lipinski definition) is 0. The number of nitrogens with zero attached hydrogens (tertiary/aromatic N) is 5. The normalized spacial score (nSPS) is 10.9. The topological polar surface area (TPSA) is 56.5 Å². The number of aromatic nitrogens is 5. The fourth-order valence-electron chi connectivity index (χ4n) is 1.74. The molecule has 0 unspecified atom stereocenters. The molecule has 0 aliphatic heterocycles. The highest BCUT2D eigenvalue weighted by Crippen LogP contribution is 2.27. The number of rotatable bonds is 4. The van der Waals surface area contributed by atoms with Gasteiger partial charge in [-0.15, -0.1) is 15.3 Å². The van der Waals surface area contributed by atoms with E-state index < -0.39 is 0 Å². The smallest absolute Gasteiger partial charge is 0.196 e. The summed E-state index contributed by atoms with van der Waals surface area (Å²) in [7, 11) is 0. The molecule has 0 aliphatic rings. The van der Waals surface area contributed by atoms with E-state index in [0.717, 1.165) is 16.5 Å². The number of hydrogen-bond acceptors (Lipinski definition) is 6. The van der Waals surface area contributed by atoms with Gasteiger partial charge in [0, 0.05) is 17.3 Å². The number of thioether (sulfide) groups is 1. The molecule has 0 N–H and O–H groups in total. The lowest BCUT2D eigenvalue weighted by atomic mass is 10.2. The molecule has 0 aliphatic carbocycles. The first-order chi connectivity index (χ1) is 9.75. The van der Waals surface area contributed by atoms with Gasteiger partial charge in [-0.2, -0.15) is 0 Å². The van der Waals surface area contributed by atoms with Crippen molar-refractivity contribution in [3.8, 4) is 5.69 Å². The Kier molecular flexibility index (Phi) is 4.00. The Morgan fingerprint density at radius 1 is 1.30 bits per heavy atom. The van der Waals surface area contributed by atoms with E-state index in [1.165, 1.54) is 28.9 Å². The third-order valence-corrected chi connectivity index (χ3v) is 4.68. The van der Waals surface area contributed by atoms with Gasteiger partial charge in [0.05, 0.1) is 5.69 Å². The van der Waals surface area contributed by atoms with Crippen molar-refractivity contribution in [1.29, 1.82) is 0 Å². The van der Waals surface area contributed by atoms with Crippen molar-refractivity contribution in [2.24, 2.45) is 0 Å². The molecule has 0 spiro atoms. The number of para-hydroxylation sites is 1. The molecule has 0 saturated heterocycles. The first-order valence-electron chi connectivity index (χ1n) is 5.81. The van der Waals surface area contributed by atoms with Crippen molar-refractivity contribution in [2.75, 3.05) is 0 Å². The highest BCUT2D eigenvalue weighted by atomic mass is 35.5. The Labute approximate surface area is 129 Å². The highest BCUT2D eigenvalue weighted by Gasteiger charge is 2.12. The van der Waals surface area contributed by atoms with E-state index >= 15 is 0 Å². The third kappa shape index (κ3) is 2.70. The number of benzene rings is 1. The number of halogens is 1. The van der Waals surface area contributed by atoms with Crippen LogP contribution >= 0.6 is 34.9 Å². The maximum atomic E-state index is 6.00. The minimum Gasteiger partial charge on any atom is -0.276 e. The average Bonchev–Trinajstić information content (AvgIpc) is 3.06. The lowest BCUT2D eigenvalue weighted by Crippen LogP contribution is -1.97. The Morgan fingerprint density at radius 2 is 2.15 bits per heavy atom. The molecule has 1 aromatic carbocycles. The molecule has 102 valence electrons. The van der Waals surface area contributed by atoms with E-state index in [0.29, 0.717) is 10.1 Å². The van der Waals surface area contributed by atoms with Crippen LogP contribution in [0.15, 0.2) is 35.7 Å². The maximum Gasteiger partial charge on any atom is 0.196 e. The van der Waals surface area contributed by atoms with Gasteiger partial charge < -0.3 is 0 Å². The minimum atomic E-state index is 0.624. The summed E-state index contributed by atoms with van der Waals surface area (Å²) in [6.07, 6.45) is 1.71. The van der Waals surface area contributed by atoms with E-state index in [4.69, 9.17) is 11.6 Å². The van der Waals surface area contributed by atoms with Crippen molar-refractivity contribution < 1.29 is 0 Å². The fraction of sp³-hybridized carbons (Fsp3) is 0.167. The molecule has 0 saturated carbocycles. The van der Waals surface area contributed by atoms with Crippen LogP contribution in [0.3, 0.4) is 0 Å². The SMILES string of the molecule is Cc1ccccc1-n1cnnc1SCc1nnsc1Cl. The zero-order valence-electron chi connectivity index (χ0n) is 10.5. The van der Waals surface area contributed by atoms with Gasteiger partial charge in [-0.3, -0.25) is 4.57 Å². The van der Waals surface area contributed by atoms with Crippen LogP contribution in [0.1, 0.15) is 11.3 Å². The van der Waals surface area contributed by atoms with Gasteiger partial charge in [0.25, 0.3) is 0 Å². The van der Waals surface area contributed by atoms with E-state index in [1.54, 1.807) is 6.33 Å². The van der Waals surface area contributed by atoms with Gasteiger partial charge in [-0.25, -0.2) is 0 Å². The van der Waals surface area contributed by atoms with Crippen LogP contribution < -0.4 is 0 Å². The second-order valence-corrected chi connectivity index (χ2v) is 6.35. The van der Waals surface area contributed by atoms with E-state index in [-0.39, 0.29) is 0 Å². The summed E-state index contributed by atoms with van der Waals surface area (Å²) >= 11 is 8.73. The summed E-state index contributed by atoms with van der Waals surface area (Å²) in [5.41, 5.74) is 3.02. The zero-order valence-corrected chi connectivity index (χ0v) is 12.9. The predicted octanol–water partition coefficient (Wildman–Crippen LogP) is 3.37. The van der Waals surface area contributed by atoms with E-state index in [1.807, 2.05) is 22.8 Å². The van der Waals surface area contributed by atoms with Crippen LogP contribution in [0, 0.1) is 6.92 Å². The van der Waals surface area contributed by atoms with Crippen molar-refractivity contribution in [2.45, 2.75) is 17.8 Å². The molecule has 2 aromatic heterocycles. The van der Waals surface area contributed by atoms with Crippen molar-refractivity contribution >= 4 is 34.9 Å². The van der Waals surface area contributed by atoms with Crippen molar-refractivity contribution in [3.63, 3.8) is 0 Å². The fourth-order valence-corrected chi connectivity index (χ4v) is 3.39. The molecule has 3 rings (SSSR count). The Bertz CT molecular complexity index is 724. The van der Waals surface area contributed by atoms with E-state index in [9.17, 15) is 0 Å². The molecule has 3 aromatic rings. The molecular formula is C12H10ClN5S2. The Morgan fingerprint density at radius 3 is 2.90 bits per heavy atom. The highest BCUT2D eigenvalue weighted by molar-refractivity contribution is 7.98. The third-order valence-electron chi connectivity index (χ3n) is 2.74. The first kappa shape index (κ1) is 13.5. The zero-order chi connectivity index (χ0) is 13.9. The molecular weight excluding hydrogens is 314 g/mol. The van der Waals surface area contributed by atoms with Crippen LogP contribution in [0.5, 0.6) is 0 Å². The predicted molar refractivity (Wildman–Crippen MR) is 80.6 cm³/mol. The van der Waals surface area contributed by atoms with Gasteiger partial charge in [0.2, 0.25) is 0 Å². The maximum absolute atomic E-state index is 6.00. The molecule has 0 bridgehead atoms. The molecule has 0 atom stereocenters. The van der Waals surface area contributed by atoms with Gasteiger partial charge in [0.15, 0.2) is 5.16 Å². The van der Waals surface area contributed by atoms with Crippen LogP contribution in [0.2, 0.25) is 4.34 Å². The molecule has 0 fully saturated rings. The summed E-state index contributed by atoms with van der Waals surface area (Å²) in [6.45, 7) is 2.06. The lowest BCUT2D eigenvalue weighted by Gasteiger charge is -2.08. The Balaban J connectivity index is 1.84. The minimum absolute atomic E-state index is 0.624. The monoisotopic (exact) mass is 323 g/mol. The summed E-state index contributed by atoms with van der Waals surface area (Å²) in [6, 6.07) is 8.11. The quantitative estimate of drug-likeness (QED) is 0.689. The molecule has 5 nitrogen and oxygen atoms in total. The van der Waals surface area contributed by atoms with Crippen LogP contribution in [0.4, 0.5) is 0 Å². The molecule has 0 radical (unpaired) electrons. The second-order valence-electron chi connectivity index (χ2n) is 4.05. The average molecular weight is 324 g/mol. The lowest BCUT2D eigenvalue weighted by molar-refractivity contribution is 0.877. The molecule has 2 heterocycles. The van der Waals surface area contributed by atoms with Gasteiger partial charge in [0.1, 0.15) is 16.4 Å². The summed E-state index contributed by atoms with van der Waals surface area (Å²) in [5.74, 6) is 0.625. The second kappa shape index (κ2) is 5.90. The van der Waals surface area contributed by atoms with Crippen LogP contribution in [-0.2, 0) is 5.75 Å². The standard InChI is InChI=1S/C12H10ClN5S2/c1-8-4-2-3-5-10(8)18-7-14-16-12(18)19-6-9-11(13)20-17-15-9/h2-5,7H,6H2,1H3. The molecule has 8 heteroatoms. The molecule has 0 amide bonds. The van der Waals surface area contributed by atoms with E-state index in [2.05, 4.69) is 32.8 Å².